The van der Waals surface area contributed by atoms with Crippen molar-refractivity contribution >= 4 is 34.9 Å². The molecule has 0 aliphatic heterocycles. The largest absolute Gasteiger partial charge is 0.454 e. The van der Waals surface area contributed by atoms with Crippen LogP contribution >= 0.6 is 0 Å². The highest BCUT2D eigenvalue weighted by Gasteiger charge is 2.12. The lowest BCUT2D eigenvalue weighted by molar-refractivity contribution is -0.116. The average molecular weight is 393 g/mol. The molecular weight excluding hydrogens is 374 g/mol. The minimum atomic E-state index is -0.680. The van der Waals surface area contributed by atoms with Gasteiger partial charge in [0.15, 0.2) is 12.4 Å². The van der Waals surface area contributed by atoms with E-state index in [1.165, 1.54) is 24.3 Å². The number of carbonyl (C=O) groups excluding carboxylic acids is 4. The fraction of sp³-hybridized carbons (Fsp3) is 0.190. The molecule has 2 amide bonds. The van der Waals surface area contributed by atoms with Crippen LogP contribution in [0.2, 0.25) is 0 Å². The molecule has 0 spiro atoms. The molecule has 0 bridgehead atoms. The van der Waals surface area contributed by atoms with Crippen molar-refractivity contribution in [3.63, 3.8) is 0 Å². The van der Waals surface area contributed by atoms with Crippen LogP contribution < -0.4 is 10.6 Å². The van der Waals surface area contributed by atoms with Crippen LogP contribution in [0.5, 0.6) is 0 Å². The maximum atomic E-state index is 12.2. The summed E-state index contributed by atoms with van der Waals surface area (Å²) in [5.41, 5.74) is 1.58. The molecule has 0 fully saturated rings. The molecular formula is C21H19N3O5. The first-order valence-electron chi connectivity index (χ1n) is 8.80. The molecule has 0 aliphatic rings. The molecule has 0 saturated heterocycles. The van der Waals surface area contributed by atoms with Crippen molar-refractivity contribution in [2.24, 2.45) is 0 Å². The molecule has 2 aromatic rings. The Morgan fingerprint density at radius 2 is 1.38 bits per heavy atom. The van der Waals surface area contributed by atoms with Crippen molar-refractivity contribution in [3.8, 4) is 6.07 Å². The van der Waals surface area contributed by atoms with Crippen molar-refractivity contribution in [2.45, 2.75) is 19.8 Å². The number of nitrogens with one attached hydrogen (secondary N) is 2. The number of anilines is 2. The van der Waals surface area contributed by atoms with Crippen LogP contribution in [0.25, 0.3) is 0 Å². The van der Waals surface area contributed by atoms with Gasteiger partial charge in [0.05, 0.1) is 11.6 Å². The summed E-state index contributed by atoms with van der Waals surface area (Å²) in [4.78, 5) is 46.9. The van der Waals surface area contributed by atoms with Gasteiger partial charge in [-0.1, -0.05) is 6.92 Å². The number of Topliss-reactive ketones (excluding diaryl/α,β-unsaturated/α-hetero) is 1. The van der Waals surface area contributed by atoms with E-state index in [0.717, 1.165) is 0 Å². The van der Waals surface area contributed by atoms with Gasteiger partial charge < -0.3 is 15.4 Å². The fourth-order valence-electron chi connectivity index (χ4n) is 2.25. The smallest absolute Gasteiger partial charge is 0.338 e. The summed E-state index contributed by atoms with van der Waals surface area (Å²) in [6.45, 7) is 1.31. The number of rotatable bonds is 8. The Morgan fingerprint density at radius 1 is 0.862 bits per heavy atom. The Kier molecular flexibility index (Phi) is 7.62. The number of nitriles is 1. The average Bonchev–Trinajstić information content (AvgIpc) is 2.73. The van der Waals surface area contributed by atoms with Crippen LogP contribution in [-0.2, 0) is 14.3 Å². The van der Waals surface area contributed by atoms with Crippen LogP contribution in [0.15, 0.2) is 48.5 Å². The molecule has 148 valence electrons. The predicted octanol–water partition coefficient (Wildman–Crippen LogP) is 2.93. The number of nitrogens with zero attached hydrogens (tertiary/aromatic N) is 1. The lowest BCUT2D eigenvalue weighted by atomic mass is 10.1. The summed E-state index contributed by atoms with van der Waals surface area (Å²) >= 11 is 0. The Bertz CT molecular complexity index is 944. The highest BCUT2D eigenvalue weighted by molar-refractivity contribution is 6.00. The first-order valence-corrected chi connectivity index (χ1v) is 8.80. The first kappa shape index (κ1) is 21.3. The maximum absolute atomic E-state index is 12.2. The minimum absolute atomic E-state index is 0.131. The molecule has 29 heavy (non-hydrogen) atoms. The van der Waals surface area contributed by atoms with Gasteiger partial charge in [0.1, 0.15) is 6.42 Å². The van der Waals surface area contributed by atoms with Crippen molar-refractivity contribution in [3.05, 3.63) is 59.7 Å². The van der Waals surface area contributed by atoms with Gasteiger partial charge in [-0.05, 0) is 48.5 Å². The lowest BCUT2D eigenvalue weighted by Gasteiger charge is -2.07. The first-order chi connectivity index (χ1) is 13.9. The molecule has 0 unspecified atom stereocenters. The molecule has 2 rings (SSSR count). The highest BCUT2D eigenvalue weighted by atomic mass is 16.5. The second-order valence-corrected chi connectivity index (χ2v) is 5.94. The van der Waals surface area contributed by atoms with E-state index in [0.29, 0.717) is 23.4 Å². The number of ether oxygens (including phenoxy) is 1. The van der Waals surface area contributed by atoms with E-state index in [9.17, 15) is 19.2 Å². The third kappa shape index (κ3) is 6.59. The minimum Gasteiger partial charge on any atom is -0.454 e. The van der Waals surface area contributed by atoms with Gasteiger partial charge in [0.25, 0.3) is 0 Å². The molecule has 0 aromatic heterocycles. The fourth-order valence-corrected chi connectivity index (χ4v) is 2.25. The molecule has 2 N–H and O–H groups in total. The van der Waals surface area contributed by atoms with Gasteiger partial charge in [0.2, 0.25) is 11.8 Å². The van der Waals surface area contributed by atoms with E-state index >= 15 is 0 Å². The highest BCUT2D eigenvalue weighted by Crippen LogP contribution is 2.13. The summed E-state index contributed by atoms with van der Waals surface area (Å²) in [6.07, 6.45) is 0.0850. The molecule has 0 radical (unpaired) electrons. The van der Waals surface area contributed by atoms with Gasteiger partial charge in [-0.25, -0.2) is 4.79 Å². The third-order valence-corrected chi connectivity index (χ3v) is 3.79. The van der Waals surface area contributed by atoms with E-state index in [4.69, 9.17) is 10.00 Å². The zero-order chi connectivity index (χ0) is 21.2. The van der Waals surface area contributed by atoms with Gasteiger partial charge in [-0.15, -0.1) is 0 Å². The Balaban J connectivity index is 1.88. The summed E-state index contributed by atoms with van der Waals surface area (Å²) in [5.74, 6) is -1.64. The summed E-state index contributed by atoms with van der Waals surface area (Å²) in [6, 6.07) is 13.9. The number of esters is 1. The van der Waals surface area contributed by atoms with E-state index < -0.39 is 18.5 Å². The summed E-state index contributed by atoms with van der Waals surface area (Å²) < 4.78 is 5.03. The van der Waals surface area contributed by atoms with Crippen LogP contribution in [0.1, 0.15) is 40.5 Å². The number of benzene rings is 2. The summed E-state index contributed by atoms with van der Waals surface area (Å²) in [7, 11) is 0. The van der Waals surface area contributed by atoms with Gasteiger partial charge in [0, 0.05) is 23.4 Å². The standard InChI is InChI=1S/C21H19N3O5/c1-2-19(26)23-16-7-3-14(4-8-16)18(25)13-29-21(28)15-5-9-17(10-6-15)24-20(27)11-12-22/h3-10H,2,11,13H2,1H3,(H,23,26)(H,24,27). The Labute approximate surface area is 167 Å². The van der Waals surface area contributed by atoms with Gasteiger partial charge >= 0.3 is 5.97 Å². The number of amides is 2. The molecule has 0 saturated carbocycles. The molecule has 0 atom stereocenters. The topological polar surface area (TPSA) is 125 Å². The quantitative estimate of drug-likeness (QED) is 0.525. The second-order valence-electron chi connectivity index (χ2n) is 5.94. The van der Waals surface area contributed by atoms with Crippen molar-refractivity contribution in [1.82, 2.24) is 0 Å². The van der Waals surface area contributed by atoms with Crippen LogP contribution in [0.4, 0.5) is 11.4 Å². The molecule has 8 nitrogen and oxygen atoms in total. The van der Waals surface area contributed by atoms with Gasteiger partial charge in [-0.2, -0.15) is 5.26 Å². The van der Waals surface area contributed by atoms with Crippen LogP contribution in [-0.4, -0.2) is 30.2 Å². The Morgan fingerprint density at radius 3 is 1.90 bits per heavy atom. The monoisotopic (exact) mass is 393 g/mol. The van der Waals surface area contributed by atoms with Crippen molar-refractivity contribution in [1.29, 1.82) is 5.26 Å². The zero-order valence-electron chi connectivity index (χ0n) is 15.7. The van der Waals surface area contributed by atoms with E-state index in [1.807, 2.05) is 0 Å². The Hall–Kier alpha value is -3.99. The van der Waals surface area contributed by atoms with E-state index in [1.54, 1.807) is 37.3 Å². The second kappa shape index (κ2) is 10.4. The van der Waals surface area contributed by atoms with E-state index in [2.05, 4.69) is 10.6 Å². The van der Waals surface area contributed by atoms with Crippen molar-refractivity contribution in [2.75, 3.05) is 17.2 Å². The third-order valence-electron chi connectivity index (χ3n) is 3.79. The number of hydrogen-bond acceptors (Lipinski definition) is 6. The molecule has 2 aromatic carbocycles. The van der Waals surface area contributed by atoms with Crippen molar-refractivity contribution < 1.29 is 23.9 Å². The van der Waals surface area contributed by atoms with Crippen LogP contribution in [0.3, 0.4) is 0 Å². The predicted molar refractivity (Wildman–Crippen MR) is 105 cm³/mol. The SMILES string of the molecule is CCC(=O)Nc1ccc(C(=O)COC(=O)c2ccc(NC(=O)CC#N)cc2)cc1. The number of carbonyl (C=O) groups is 4. The zero-order valence-corrected chi connectivity index (χ0v) is 15.7. The van der Waals surface area contributed by atoms with E-state index in [-0.39, 0.29) is 23.7 Å². The molecule has 8 heteroatoms. The van der Waals surface area contributed by atoms with Crippen LogP contribution in [0, 0.1) is 11.3 Å². The molecule has 0 heterocycles. The maximum Gasteiger partial charge on any atom is 0.338 e. The molecule has 0 aliphatic carbocycles. The van der Waals surface area contributed by atoms with Gasteiger partial charge in [-0.3, -0.25) is 14.4 Å². The normalized spacial score (nSPS) is 9.79. The number of ketones is 1. The number of hydrogen-bond donors (Lipinski definition) is 2. The summed E-state index contributed by atoms with van der Waals surface area (Å²) in [5, 5.41) is 13.6. The lowest BCUT2D eigenvalue weighted by Crippen LogP contribution is -2.15.